The Kier molecular flexibility index (Phi) is 8.35. The number of rotatable bonds is 7. The molecule has 0 bridgehead atoms. The highest BCUT2D eigenvalue weighted by atomic mass is 35.5. The lowest BCUT2D eigenvalue weighted by Crippen LogP contribution is -2.45. The number of hydrogen-bond donors (Lipinski definition) is 2. The predicted octanol–water partition coefficient (Wildman–Crippen LogP) is 2.98. The summed E-state index contributed by atoms with van der Waals surface area (Å²) in [5, 5.41) is 6.78. The van der Waals surface area contributed by atoms with Crippen LogP contribution in [0.4, 0.5) is 4.39 Å². The number of guanidine groups is 1. The number of benzene rings is 1. The Balaban J connectivity index is 2.29. The zero-order chi connectivity index (χ0) is 18.9. The van der Waals surface area contributed by atoms with Gasteiger partial charge < -0.3 is 15.4 Å². The Morgan fingerprint density at radius 2 is 2.35 bits per heavy atom. The lowest BCUT2D eigenvalue weighted by atomic mass is 10.0. The van der Waals surface area contributed by atoms with Crippen LogP contribution in [-0.2, 0) is 4.74 Å². The van der Waals surface area contributed by atoms with Crippen LogP contribution >= 0.6 is 11.6 Å². The third-order valence-corrected chi connectivity index (χ3v) is 4.56. The zero-order valence-electron chi connectivity index (χ0n) is 15.5. The third-order valence-electron chi connectivity index (χ3n) is 4.23. The second kappa shape index (κ2) is 10.5. The van der Waals surface area contributed by atoms with Gasteiger partial charge in [0.05, 0.1) is 25.3 Å². The van der Waals surface area contributed by atoms with E-state index in [-0.39, 0.29) is 18.0 Å². The van der Waals surface area contributed by atoms with Crippen molar-refractivity contribution < 1.29 is 9.13 Å². The van der Waals surface area contributed by atoms with E-state index in [4.69, 9.17) is 16.3 Å². The summed E-state index contributed by atoms with van der Waals surface area (Å²) in [6.45, 7) is 11.5. The van der Waals surface area contributed by atoms with E-state index < -0.39 is 0 Å². The minimum Gasteiger partial charge on any atom is -0.376 e. The van der Waals surface area contributed by atoms with Crippen LogP contribution in [-0.4, -0.2) is 56.3 Å². The summed E-state index contributed by atoms with van der Waals surface area (Å²) in [5.74, 6) is 0.368. The molecule has 1 saturated heterocycles. The number of halogens is 2. The van der Waals surface area contributed by atoms with E-state index in [9.17, 15) is 4.39 Å². The molecule has 5 nitrogen and oxygen atoms in total. The molecule has 2 rings (SSSR count). The highest BCUT2D eigenvalue weighted by molar-refractivity contribution is 6.31. The van der Waals surface area contributed by atoms with E-state index in [2.05, 4.69) is 27.1 Å². The van der Waals surface area contributed by atoms with Gasteiger partial charge in [-0.15, -0.1) is 6.58 Å². The van der Waals surface area contributed by atoms with Crippen LogP contribution in [0.5, 0.6) is 0 Å². The number of nitrogens with zero attached hydrogens (tertiary/aromatic N) is 2. The highest BCUT2D eigenvalue weighted by Crippen LogP contribution is 2.31. The van der Waals surface area contributed by atoms with Crippen LogP contribution in [0, 0.1) is 5.82 Å². The first-order valence-electron chi connectivity index (χ1n) is 8.99. The van der Waals surface area contributed by atoms with Crippen LogP contribution in [0.15, 0.2) is 35.8 Å². The molecular formula is C19H28ClFN4O. The van der Waals surface area contributed by atoms with Crippen molar-refractivity contribution in [2.45, 2.75) is 26.0 Å². The van der Waals surface area contributed by atoms with Gasteiger partial charge in [-0.25, -0.2) is 4.39 Å². The lowest BCUT2D eigenvalue weighted by molar-refractivity contribution is -0.0336. The molecule has 0 aliphatic carbocycles. The molecule has 7 heteroatoms. The normalized spacial score (nSPS) is 19.8. The first-order valence-corrected chi connectivity index (χ1v) is 9.37. The van der Waals surface area contributed by atoms with Crippen molar-refractivity contribution in [1.82, 2.24) is 15.5 Å². The third kappa shape index (κ3) is 5.69. The van der Waals surface area contributed by atoms with Crippen LogP contribution in [0.3, 0.4) is 0 Å². The van der Waals surface area contributed by atoms with E-state index in [0.717, 1.165) is 6.54 Å². The molecule has 1 aliphatic rings. The van der Waals surface area contributed by atoms with Crippen molar-refractivity contribution in [3.8, 4) is 0 Å². The van der Waals surface area contributed by atoms with Gasteiger partial charge in [-0.3, -0.25) is 9.89 Å². The summed E-state index contributed by atoms with van der Waals surface area (Å²) in [7, 11) is 0. The molecule has 26 heavy (non-hydrogen) atoms. The SMILES string of the molecule is C=CCNC(=NCC(c1c(F)cccc1Cl)N1CCOC(C)C1)NCC. The van der Waals surface area contributed by atoms with Gasteiger partial charge in [-0.2, -0.15) is 0 Å². The highest BCUT2D eigenvalue weighted by Gasteiger charge is 2.29. The number of aliphatic imine (C=N–C) groups is 1. The molecule has 1 aromatic rings. The molecular weight excluding hydrogens is 355 g/mol. The second-order valence-corrected chi connectivity index (χ2v) is 6.62. The van der Waals surface area contributed by atoms with Gasteiger partial charge in [0.1, 0.15) is 5.82 Å². The van der Waals surface area contributed by atoms with Crippen LogP contribution in [0.2, 0.25) is 5.02 Å². The Morgan fingerprint density at radius 3 is 3.00 bits per heavy atom. The van der Waals surface area contributed by atoms with E-state index >= 15 is 0 Å². The maximum atomic E-state index is 14.6. The molecule has 2 N–H and O–H groups in total. The monoisotopic (exact) mass is 382 g/mol. The molecule has 0 aromatic heterocycles. The smallest absolute Gasteiger partial charge is 0.191 e. The fraction of sp³-hybridized carbons (Fsp3) is 0.526. The topological polar surface area (TPSA) is 48.9 Å². The zero-order valence-corrected chi connectivity index (χ0v) is 16.2. The molecule has 2 atom stereocenters. The van der Waals surface area contributed by atoms with Crippen molar-refractivity contribution in [2.24, 2.45) is 4.99 Å². The first kappa shape index (κ1) is 20.7. The average Bonchev–Trinajstić information content (AvgIpc) is 2.61. The molecule has 2 unspecified atom stereocenters. The minimum atomic E-state index is -0.305. The summed E-state index contributed by atoms with van der Waals surface area (Å²) in [4.78, 5) is 6.84. The summed E-state index contributed by atoms with van der Waals surface area (Å²) in [6.07, 6.45) is 1.86. The summed E-state index contributed by atoms with van der Waals surface area (Å²) >= 11 is 6.35. The standard InChI is InChI=1S/C19H28ClFN4O/c1-4-9-23-19(22-5-2)24-12-17(25-10-11-26-14(3)13-25)18-15(20)7-6-8-16(18)21/h4,6-8,14,17H,1,5,9-13H2,2-3H3,(H2,22,23,24). The molecule has 1 aromatic carbocycles. The maximum absolute atomic E-state index is 14.6. The van der Waals surface area contributed by atoms with Gasteiger partial charge >= 0.3 is 0 Å². The molecule has 144 valence electrons. The van der Waals surface area contributed by atoms with Crippen molar-refractivity contribution in [3.63, 3.8) is 0 Å². The van der Waals surface area contributed by atoms with Gasteiger partial charge in [0, 0.05) is 36.8 Å². The van der Waals surface area contributed by atoms with Gasteiger partial charge in [0.25, 0.3) is 0 Å². The number of morpholine rings is 1. The van der Waals surface area contributed by atoms with E-state index in [1.165, 1.54) is 6.07 Å². The fourth-order valence-electron chi connectivity index (χ4n) is 3.04. The van der Waals surface area contributed by atoms with E-state index in [1.54, 1.807) is 18.2 Å². The molecule has 1 fully saturated rings. The Labute approximate surface area is 160 Å². The Hall–Kier alpha value is -1.63. The molecule has 0 spiro atoms. The largest absolute Gasteiger partial charge is 0.376 e. The lowest BCUT2D eigenvalue weighted by Gasteiger charge is -2.37. The van der Waals surface area contributed by atoms with Crippen molar-refractivity contribution in [1.29, 1.82) is 0 Å². The average molecular weight is 383 g/mol. The van der Waals surface area contributed by atoms with E-state index in [1.807, 2.05) is 13.8 Å². The summed E-state index contributed by atoms with van der Waals surface area (Å²) in [6, 6.07) is 4.54. The van der Waals surface area contributed by atoms with Gasteiger partial charge in [-0.05, 0) is 26.0 Å². The van der Waals surface area contributed by atoms with Crippen LogP contribution < -0.4 is 10.6 Å². The molecule has 1 aliphatic heterocycles. The number of hydrogen-bond acceptors (Lipinski definition) is 3. The number of nitrogens with one attached hydrogen (secondary N) is 2. The van der Waals surface area contributed by atoms with E-state index in [0.29, 0.717) is 49.3 Å². The fourth-order valence-corrected chi connectivity index (χ4v) is 3.32. The van der Waals surface area contributed by atoms with Crippen LogP contribution in [0.1, 0.15) is 25.5 Å². The van der Waals surface area contributed by atoms with Gasteiger partial charge in [-0.1, -0.05) is 23.7 Å². The predicted molar refractivity (Wildman–Crippen MR) is 105 cm³/mol. The van der Waals surface area contributed by atoms with Gasteiger partial charge in [0.15, 0.2) is 5.96 Å². The quantitative estimate of drug-likeness (QED) is 0.432. The van der Waals surface area contributed by atoms with Crippen molar-refractivity contribution >= 4 is 17.6 Å². The molecule has 0 radical (unpaired) electrons. The summed E-state index contributed by atoms with van der Waals surface area (Å²) in [5.41, 5.74) is 0.492. The van der Waals surface area contributed by atoms with Crippen molar-refractivity contribution in [3.05, 3.63) is 47.3 Å². The molecule has 1 heterocycles. The Morgan fingerprint density at radius 1 is 1.54 bits per heavy atom. The molecule has 0 saturated carbocycles. The second-order valence-electron chi connectivity index (χ2n) is 6.22. The van der Waals surface area contributed by atoms with Crippen LogP contribution in [0.25, 0.3) is 0 Å². The Bertz CT molecular complexity index is 605. The maximum Gasteiger partial charge on any atom is 0.191 e. The number of ether oxygens (including phenoxy) is 1. The minimum absolute atomic E-state index is 0.0907. The van der Waals surface area contributed by atoms with Crippen molar-refractivity contribution in [2.75, 3.05) is 39.3 Å². The summed E-state index contributed by atoms with van der Waals surface area (Å²) < 4.78 is 20.2. The first-order chi connectivity index (χ1) is 12.6. The molecule has 0 amide bonds. The van der Waals surface area contributed by atoms with Gasteiger partial charge in [0.2, 0.25) is 0 Å².